The van der Waals surface area contributed by atoms with Crippen LogP contribution in [0.25, 0.3) is 5.57 Å². The molecule has 4 aromatic rings. The number of ether oxygens (including phenoxy) is 1. The summed E-state index contributed by atoms with van der Waals surface area (Å²) in [7, 11) is -8.04. The van der Waals surface area contributed by atoms with Crippen LogP contribution in [0.3, 0.4) is 0 Å². The molecule has 1 aliphatic heterocycles. The zero-order valence-electron chi connectivity index (χ0n) is 25.7. The predicted octanol–water partition coefficient (Wildman–Crippen LogP) is 5.78. The van der Waals surface area contributed by atoms with E-state index in [1.165, 1.54) is 35.9 Å². The number of nitrogens with zero attached hydrogens (tertiary/aromatic N) is 2. The van der Waals surface area contributed by atoms with Gasteiger partial charge in [-0.2, -0.15) is 22.1 Å². The molecule has 10 nitrogen and oxygen atoms in total. The average Bonchev–Trinajstić information content (AvgIpc) is 3.64. The molecule has 0 bridgehead atoms. The normalized spacial score (nSPS) is 16.8. The summed E-state index contributed by atoms with van der Waals surface area (Å²) in [6, 6.07) is 24.0. The van der Waals surface area contributed by atoms with E-state index < -0.39 is 26.1 Å². The number of allylic oxidation sites excluding steroid dienone is 1. The highest BCUT2D eigenvalue weighted by atomic mass is 32.2. The van der Waals surface area contributed by atoms with Gasteiger partial charge in [-0.3, -0.25) is 9.11 Å². The molecule has 3 N–H and O–H groups in total. The first kappa shape index (κ1) is 35.4. The van der Waals surface area contributed by atoms with Crippen LogP contribution in [0.2, 0.25) is 0 Å². The van der Waals surface area contributed by atoms with Crippen molar-refractivity contribution in [3.8, 4) is 11.9 Å². The first-order valence-corrected chi connectivity index (χ1v) is 17.4. The Bertz CT molecular complexity index is 1920. The van der Waals surface area contributed by atoms with E-state index in [0.29, 0.717) is 28.8 Å². The van der Waals surface area contributed by atoms with Crippen molar-refractivity contribution >= 4 is 25.8 Å². The van der Waals surface area contributed by atoms with E-state index in [4.69, 9.17) is 19.1 Å². The van der Waals surface area contributed by atoms with E-state index in [0.717, 1.165) is 36.3 Å². The smallest absolute Gasteiger partial charge is 0.294 e. The lowest BCUT2D eigenvalue weighted by atomic mass is 9.99. The average molecular weight is 680 g/mol. The molecule has 0 saturated carbocycles. The van der Waals surface area contributed by atoms with Crippen LogP contribution in [0.5, 0.6) is 5.88 Å². The fraction of sp³-hybridized carbons (Fsp3) is 0.235. The number of aryl methyl sites for hydroxylation is 2. The Hall–Kier alpha value is -4.45. The number of aromatic nitrogens is 1. The molecule has 2 unspecified atom stereocenters. The second kappa shape index (κ2) is 15.4. The molecule has 0 spiro atoms. The van der Waals surface area contributed by atoms with Crippen molar-refractivity contribution in [1.29, 1.82) is 5.26 Å². The van der Waals surface area contributed by atoms with Crippen molar-refractivity contribution in [2.75, 3.05) is 13.1 Å². The Morgan fingerprint density at radius 3 is 2.00 bits per heavy atom. The third kappa shape index (κ3) is 10.3. The Morgan fingerprint density at radius 2 is 1.49 bits per heavy atom. The minimum atomic E-state index is -4.02. The molecule has 1 aromatic heterocycles. The highest BCUT2D eigenvalue weighted by molar-refractivity contribution is 7.86. The fourth-order valence-corrected chi connectivity index (χ4v) is 5.91. The molecule has 246 valence electrons. The summed E-state index contributed by atoms with van der Waals surface area (Å²) < 4.78 is 78.7. The van der Waals surface area contributed by atoms with Gasteiger partial charge in [-0.1, -0.05) is 53.6 Å². The molecule has 2 heterocycles. The molecule has 6 rings (SSSR count). The summed E-state index contributed by atoms with van der Waals surface area (Å²) in [5.41, 5.74) is 4.83. The number of nitriles is 1. The van der Waals surface area contributed by atoms with Gasteiger partial charge in [0.05, 0.1) is 27.1 Å². The van der Waals surface area contributed by atoms with Crippen molar-refractivity contribution in [3.05, 3.63) is 125 Å². The summed E-state index contributed by atoms with van der Waals surface area (Å²) in [6.07, 6.45) is 3.36. The third-order valence-corrected chi connectivity index (χ3v) is 9.27. The maximum absolute atomic E-state index is 13.9. The topological polar surface area (TPSA) is 167 Å². The Labute approximate surface area is 274 Å². The van der Waals surface area contributed by atoms with Crippen molar-refractivity contribution in [3.63, 3.8) is 0 Å². The number of nitrogens with one attached hydrogen (secondary N) is 1. The molecule has 3 aromatic carbocycles. The van der Waals surface area contributed by atoms with Crippen LogP contribution in [0.4, 0.5) is 4.39 Å². The van der Waals surface area contributed by atoms with Gasteiger partial charge in [-0.25, -0.2) is 9.37 Å². The molecule has 1 aliphatic carbocycles. The monoisotopic (exact) mass is 679 g/mol. The van der Waals surface area contributed by atoms with Gasteiger partial charge >= 0.3 is 0 Å². The molecular formula is C34H34FN3O7S2. The molecule has 0 radical (unpaired) electrons. The van der Waals surface area contributed by atoms with Crippen molar-refractivity contribution < 1.29 is 35.1 Å². The van der Waals surface area contributed by atoms with Crippen LogP contribution in [-0.4, -0.2) is 44.0 Å². The molecule has 1 fully saturated rings. The number of rotatable bonds is 6. The SMILES string of the molecule is Cc1ccc(S(=O)(=O)O)cc1.Cc1ccc(S(=O)(=O)O)cc1.N#Cc1ccc(COc2cccc(C3=CC4CNCC4C3)n2)c(F)c1. The number of halogens is 1. The van der Waals surface area contributed by atoms with E-state index in [1.54, 1.807) is 42.5 Å². The molecule has 0 amide bonds. The zero-order chi connectivity index (χ0) is 34.2. The van der Waals surface area contributed by atoms with Gasteiger partial charge < -0.3 is 10.1 Å². The van der Waals surface area contributed by atoms with E-state index >= 15 is 0 Å². The van der Waals surface area contributed by atoms with Crippen LogP contribution in [0, 0.1) is 42.8 Å². The van der Waals surface area contributed by atoms with Crippen LogP contribution < -0.4 is 10.1 Å². The summed E-state index contributed by atoms with van der Waals surface area (Å²) >= 11 is 0. The maximum Gasteiger partial charge on any atom is 0.294 e. The van der Waals surface area contributed by atoms with Gasteiger partial charge in [-0.15, -0.1) is 0 Å². The van der Waals surface area contributed by atoms with Crippen LogP contribution in [-0.2, 0) is 26.8 Å². The lowest BCUT2D eigenvalue weighted by Gasteiger charge is -2.09. The Kier molecular flexibility index (Phi) is 11.6. The molecule has 2 atom stereocenters. The summed E-state index contributed by atoms with van der Waals surface area (Å²) in [5, 5.41) is 12.2. The van der Waals surface area contributed by atoms with Crippen LogP contribution in [0.15, 0.2) is 101 Å². The zero-order valence-corrected chi connectivity index (χ0v) is 27.3. The first-order valence-electron chi connectivity index (χ1n) is 14.5. The van der Waals surface area contributed by atoms with E-state index in [1.807, 2.05) is 32.0 Å². The molecule has 13 heteroatoms. The Balaban J connectivity index is 0.000000188. The highest BCUT2D eigenvalue weighted by Gasteiger charge is 2.32. The van der Waals surface area contributed by atoms with Crippen molar-refractivity contribution in [2.24, 2.45) is 11.8 Å². The van der Waals surface area contributed by atoms with Crippen LogP contribution >= 0.6 is 0 Å². The van der Waals surface area contributed by atoms with Crippen molar-refractivity contribution in [2.45, 2.75) is 36.7 Å². The van der Waals surface area contributed by atoms with Gasteiger partial charge in [0, 0.05) is 18.2 Å². The van der Waals surface area contributed by atoms with E-state index in [-0.39, 0.29) is 16.4 Å². The molecule has 47 heavy (non-hydrogen) atoms. The fourth-order valence-electron chi connectivity index (χ4n) is 4.95. The van der Waals surface area contributed by atoms with Gasteiger partial charge in [0.25, 0.3) is 20.2 Å². The largest absolute Gasteiger partial charge is 0.473 e. The quantitative estimate of drug-likeness (QED) is 0.213. The minimum absolute atomic E-state index is 0.0666. The van der Waals surface area contributed by atoms with Crippen molar-refractivity contribution in [1.82, 2.24) is 10.3 Å². The number of hydrogen-bond acceptors (Lipinski definition) is 8. The second-order valence-corrected chi connectivity index (χ2v) is 14.0. The van der Waals surface area contributed by atoms with Gasteiger partial charge in [0.1, 0.15) is 12.4 Å². The van der Waals surface area contributed by atoms with Gasteiger partial charge in [-0.05, 0) is 86.7 Å². The van der Waals surface area contributed by atoms with Gasteiger partial charge in [0.15, 0.2) is 0 Å². The van der Waals surface area contributed by atoms with E-state index in [9.17, 15) is 21.2 Å². The second-order valence-electron chi connectivity index (χ2n) is 11.1. The number of hydrogen-bond donors (Lipinski definition) is 3. The number of fused-ring (bicyclic) bond motifs is 1. The molecular weight excluding hydrogens is 646 g/mol. The standard InChI is InChI=1S/C20H18FN3O.2C7H8O3S/c21-18-6-13(9-22)4-5-14(18)12-25-20-3-1-2-19(24-20)15-7-16-10-23-11-17(16)8-15;2*1-6-2-4-7(5-3-6)11(8,9)10/h1-7,16-17,23H,8,10-12H2;2*2-5H,1H3,(H,8,9,10). The Morgan fingerprint density at radius 1 is 0.894 bits per heavy atom. The summed E-state index contributed by atoms with van der Waals surface area (Å²) in [5.74, 6) is 1.33. The maximum atomic E-state index is 13.9. The van der Waals surface area contributed by atoms with Crippen LogP contribution in [0.1, 0.15) is 34.4 Å². The summed E-state index contributed by atoms with van der Waals surface area (Å²) in [4.78, 5) is 4.44. The molecule has 1 saturated heterocycles. The first-order chi connectivity index (χ1) is 22.2. The lowest BCUT2D eigenvalue weighted by Crippen LogP contribution is -2.09. The summed E-state index contributed by atoms with van der Waals surface area (Å²) in [6.45, 7) is 5.88. The predicted molar refractivity (Wildman–Crippen MR) is 174 cm³/mol. The number of benzene rings is 3. The minimum Gasteiger partial charge on any atom is -0.473 e. The number of pyridine rings is 1. The highest BCUT2D eigenvalue weighted by Crippen LogP contribution is 2.38. The lowest BCUT2D eigenvalue weighted by molar-refractivity contribution is 0.288. The van der Waals surface area contributed by atoms with E-state index in [2.05, 4.69) is 16.4 Å². The van der Waals surface area contributed by atoms with Gasteiger partial charge in [0.2, 0.25) is 5.88 Å². The molecule has 2 aliphatic rings. The third-order valence-electron chi connectivity index (χ3n) is 7.54.